The Morgan fingerprint density at radius 2 is 1.36 bits per heavy atom. The summed E-state index contributed by atoms with van der Waals surface area (Å²) in [6.45, 7) is 17.1. The zero-order valence-electron chi connectivity index (χ0n) is 15.0. The molecule has 122 valence electrons. The number of Topliss-reactive ketones (excluding diaryl/α,β-unsaturated/α-hetero) is 1. The van der Waals surface area contributed by atoms with Gasteiger partial charge in [-0.05, 0) is 34.1 Å². The van der Waals surface area contributed by atoms with Gasteiger partial charge in [0.25, 0.3) is 0 Å². The molecule has 0 unspecified atom stereocenters. The molecule has 0 aliphatic heterocycles. The van der Waals surface area contributed by atoms with Crippen molar-refractivity contribution in [2.24, 2.45) is 0 Å². The number of thiocarbonyl (C=S) groups is 1. The predicted molar refractivity (Wildman–Crippen MR) is 103 cm³/mol. The first kappa shape index (κ1) is 19.4. The van der Waals surface area contributed by atoms with E-state index in [1.807, 2.05) is 12.1 Å². The summed E-state index contributed by atoms with van der Waals surface area (Å²) in [4.78, 5) is 12.7. The number of benzene rings is 1. The van der Waals surface area contributed by atoms with Crippen LogP contribution >= 0.6 is 24.0 Å². The topological polar surface area (TPSA) is 17.1 Å². The minimum Gasteiger partial charge on any atom is -0.287 e. The van der Waals surface area contributed by atoms with Gasteiger partial charge in [-0.1, -0.05) is 73.7 Å². The molecule has 0 radical (unpaired) electrons. The van der Waals surface area contributed by atoms with E-state index in [4.69, 9.17) is 12.2 Å². The third-order valence-corrected chi connectivity index (χ3v) is 4.80. The quantitative estimate of drug-likeness (QED) is 0.503. The van der Waals surface area contributed by atoms with Crippen LogP contribution in [0.5, 0.6) is 0 Å². The third-order valence-electron chi connectivity index (χ3n) is 3.46. The molecule has 0 atom stereocenters. The van der Waals surface area contributed by atoms with Crippen LogP contribution in [0.4, 0.5) is 0 Å². The molecule has 0 fully saturated rings. The molecule has 0 amide bonds. The molecule has 0 aliphatic rings. The van der Waals surface area contributed by atoms with Crippen LogP contribution in [0.3, 0.4) is 0 Å². The lowest BCUT2D eigenvalue weighted by Crippen LogP contribution is -2.19. The van der Waals surface area contributed by atoms with Gasteiger partial charge in [0.2, 0.25) is 5.78 Å². The van der Waals surface area contributed by atoms with Gasteiger partial charge in [0.1, 0.15) is 4.20 Å². The number of hydrogen-bond donors (Lipinski definition) is 0. The highest BCUT2D eigenvalue weighted by atomic mass is 32.2. The Balaban J connectivity index is 3.36. The van der Waals surface area contributed by atoms with E-state index in [2.05, 4.69) is 61.5 Å². The summed E-state index contributed by atoms with van der Waals surface area (Å²) in [5, 5.41) is 0.323. The largest absolute Gasteiger partial charge is 0.287 e. The van der Waals surface area contributed by atoms with Gasteiger partial charge in [0.15, 0.2) is 0 Å². The zero-order chi connectivity index (χ0) is 17.3. The second-order valence-corrected chi connectivity index (χ2v) is 10.3. The van der Waals surface area contributed by atoms with Crippen molar-refractivity contribution in [3.05, 3.63) is 34.9 Å². The molecule has 0 heterocycles. The Morgan fingerprint density at radius 3 is 1.68 bits per heavy atom. The molecular weight excluding hydrogens is 308 g/mol. The zero-order valence-corrected chi connectivity index (χ0v) is 16.7. The number of thioether (sulfide) groups is 1. The lowest BCUT2D eigenvalue weighted by Gasteiger charge is -2.26. The van der Waals surface area contributed by atoms with Crippen LogP contribution in [-0.4, -0.2) is 15.2 Å². The average molecular weight is 337 g/mol. The molecule has 22 heavy (non-hydrogen) atoms. The van der Waals surface area contributed by atoms with Gasteiger partial charge >= 0.3 is 0 Å². The number of rotatable bonds is 3. The van der Waals surface area contributed by atoms with E-state index in [0.29, 0.717) is 9.45 Å². The minimum atomic E-state index is -0.0229. The van der Waals surface area contributed by atoms with E-state index >= 15 is 0 Å². The van der Waals surface area contributed by atoms with Crippen LogP contribution in [0, 0.1) is 0 Å². The van der Waals surface area contributed by atoms with E-state index in [9.17, 15) is 4.79 Å². The Labute approximate surface area is 145 Å². The molecule has 3 heteroatoms. The summed E-state index contributed by atoms with van der Waals surface area (Å²) in [7, 11) is 0. The van der Waals surface area contributed by atoms with Crippen LogP contribution in [0.2, 0.25) is 0 Å². The van der Waals surface area contributed by atoms with Crippen molar-refractivity contribution in [3.8, 4) is 0 Å². The average Bonchev–Trinajstić information content (AvgIpc) is 2.34. The summed E-state index contributed by atoms with van der Waals surface area (Å²) in [6.07, 6.45) is 0. The first-order valence-electron chi connectivity index (χ1n) is 7.73. The molecular formula is C19H28OS2. The molecule has 0 aromatic heterocycles. The van der Waals surface area contributed by atoms with Gasteiger partial charge in [-0.15, -0.1) is 11.8 Å². The molecule has 0 saturated carbocycles. The molecule has 1 aromatic rings. The molecule has 1 rings (SSSR count). The maximum absolute atomic E-state index is 12.7. The minimum absolute atomic E-state index is 0.00308. The molecule has 0 N–H and O–H groups in total. The van der Waals surface area contributed by atoms with Crippen LogP contribution in [0.25, 0.3) is 0 Å². The maximum atomic E-state index is 12.7. The molecule has 0 aliphatic carbocycles. The van der Waals surface area contributed by atoms with Crippen molar-refractivity contribution < 1.29 is 4.79 Å². The molecule has 0 bridgehead atoms. The maximum Gasteiger partial charge on any atom is 0.210 e. The second kappa shape index (κ2) is 6.84. The first-order valence-corrected chi connectivity index (χ1v) is 9.02. The van der Waals surface area contributed by atoms with Gasteiger partial charge < -0.3 is 0 Å². The third kappa shape index (κ3) is 5.20. The fourth-order valence-corrected chi connectivity index (χ4v) is 3.36. The fourth-order valence-electron chi connectivity index (χ4n) is 2.01. The van der Waals surface area contributed by atoms with E-state index in [1.165, 1.54) is 22.9 Å². The number of carbonyl (C=O) groups excluding carboxylic acids is 1. The summed E-state index contributed by atoms with van der Waals surface area (Å²) in [6, 6.07) is 6.23. The highest BCUT2D eigenvalue weighted by Gasteiger charge is 2.23. The van der Waals surface area contributed by atoms with Crippen molar-refractivity contribution in [2.45, 2.75) is 71.5 Å². The summed E-state index contributed by atoms with van der Waals surface area (Å²) < 4.78 is 0.459. The van der Waals surface area contributed by atoms with Crippen LogP contribution in [-0.2, 0) is 10.8 Å². The highest BCUT2D eigenvalue weighted by Crippen LogP contribution is 2.31. The van der Waals surface area contributed by atoms with Gasteiger partial charge in [0, 0.05) is 10.8 Å². The van der Waals surface area contributed by atoms with Gasteiger partial charge in [-0.25, -0.2) is 0 Å². The monoisotopic (exact) mass is 336 g/mol. The van der Waals surface area contributed by atoms with Crippen molar-refractivity contribution in [2.75, 3.05) is 0 Å². The molecule has 0 saturated heterocycles. The summed E-state index contributed by atoms with van der Waals surface area (Å²) >= 11 is 6.79. The fraction of sp³-hybridized carbons (Fsp3) is 0.579. The van der Waals surface area contributed by atoms with E-state index in [-0.39, 0.29) is 16.6 Å². The van der Waals surface area contributed by atoms with Gasteiger partial charge in [-0.2, -0.15) is 0 Å². The second-order valence-electron chi connectivity index (χ2n) is 8.08. The number of ketones is 1. The van der Waals surface area contributed by atoms with E-state index < -0.39 is 0 Å². The molecule has 1 aromatic carbocycles. The van der Waals surface area contributed by atoms with Crippen molar-refractivity contribution in [3.63, 3.8) is 0 Å². The Hall–Kier alpha value is -0.670. The van der Waals surface area contributed by atoms with Crippen molar-refractivity contribution >= 4 is 34.0 Å². The normalized spacial score (nSPS) is 12.6. The van der Waals surface area contributed by atoms with Crippen LogP contribution in [0.1, 0.15) is 76.9 Å². The summed E-state index contributed by atoms with van der Waals surface area (Å²) in [5.41, 5.74) is 3.09. The molecule has 0 spiro atoms. The van der Waals surface area contributed by atoms with Crippen molar-refractivity contribution in [1.82, 2.24) is 0 Å². The highest BCUT2D eigenvalue weighted by molar-refractivity contribution is 8.25. The van der Waals surface area contributed by atoms with Crippen LogP contribution < -0.4 is 0 Å². The van der Waals surface area contributed by atoms with Gasteiger partial charge in [0.05, 0.1) is 0 Å². The van der Waals surface area contributed by atoms with E-state index in [0.717, 1.165) is 5.56 Å². The van der Waals surface area contributed by atoms with Gasteiger partial charge in [-0.3, -0.25) is 4.79 Å². The smallest absolute Gasteiger partial charge is 0.210 e. The SMILES string of the molecule is CC(C)SC(=S)C(=O)c1cc(C(C)(C)C)cc(C(C)(C)C)c1. The predicted octanol–water partition coefficient (Wildman–Crippen LogP) is 5.93. The van der Waals surface area contributed by atoms with Crippen molar-refractivity contribution in [1.29, 1.82) is 0 Å². The Kier molecular flexibility index (Phi) is 6.02. The van der Waals surface area contributed by atoms with Crippen LogP contribution in [0.15, 0.2) is 18.2 Å². The Bertz CT molecular complexity index is 540. The molecule has 1 nitrogen and oxygen atoms in total. The number of carbonyl (C=O) groups is 1. The Morgan fingerprint density at radius 1 is 0.955 bits per heavy atom. The number of hydrogen-bond acceptors (Lipinski definition) is 3. The standard InChI is InChI=1S/C19H28OS2/c1-12(2)22-17(21)16(20)13-9-14(18(3,4)5)11-15(10-13)19(6,7)8/h9-12H,1-8H3. The lowest BCUT2D eigenvalue weighted by atomic mass is 9.79. The summed E-state index contributed by atoms with van der Waals surface area (Å²) in [5.74, 6) is -0.0229. The lowest BCUT2D eigenvalue weighted by molar-refractivity contribution is 0.107. The van der Waals surface area contributed by atoms with E-state index in [1.54, 1.807) is 0 Å². The first-order chi connectivity index (χ1) is 9.82.